The van der Waals surface area contributed by atoms with Crippen molar-refractivity contribution >= 4 is 53.4 Å². The molecule has 0 amide bonds. The maximum atomic E-state index is 6.25. The maximum absolute atomic E-state index is 6.25. The Morgan fingerprint density at radius 3 is 2.27 bits per heavy atom. The first kappa shape index (κ1) is 18.7. The standard InChI is InChI=1S/C31H20OS/c1-3-13-28-24(10-1)26-12-6-9-23(31(26)32-28)18-20-7-5-8-21(17-20)22-15-16-30-27(19-22)25-11-2-4-14-29(25)33-30/h1-17,19H,18H2. The molecule has 0 radical (unpaired) electrons. The molecule has 0 spiro atoms. The van der Waals surface area contributed by atoms with Crippen LogP contribution in [-0.4, -0.2) is 0 Å². The van der Waals surface area contributed by atoms with Crippen molar-refractivity contribution in [3.63, 3.8) is 0 Å². The molecule has 0 saturated carbocycles. The van der Waals surface area contributed by atoms with Crippen LogP contribution < -0.4 is 0 Å². The summed E-state index contributed by atoms with van der Waals surface area (Å²) in [6.07, 6.45) is 0.842. The number of furan rings is 1. The van der Waals surface area contributed by atoms with E-state index in [1.165, 1.54) is 53.2 Å². The van der Waals surface area contributed by atoms with Crippen molar-refractivity contribution in [3.05, 3.63) is 120 Å². The number of hydrogen-bond donors (Lipinski definition) is 0. The molecule has 2 heterocycles. The number of hydrogen-bond acceptors (Lipinski definition) is 2. The lowest BCUT2D eigenvalue weighted by Crippen LogP contribution is -1.90. The lowest BCUT2D eigenvalue weighted by atomic mass is 9.97. The molecule has 7 aromatic rings. The molecular weight excluding hydrogens is 420 g/mol. The van der Waals surface area contributed by atoms with Gasteiger partial charge in [0.1, 0.15) is 11.2 Å². The molecule has 0 bridgehead atoms. The maximum Gasteiger partial charge on any atom is 0.138 e. The van der Waals surface area contributed by atoms with Gasteiger partial charge in [-0.05, 0) is 46.5 Å². The summed E-state index contributed by atoms with van der Waals surface area (Å²) in [5.74, 6) is 0. The molecular formula is C31H20OS. The third kappa shape index (κ3) is 3.06. The summed E-state index contributed by atoms with van der Waals surface area (Å²) in [5, 5.41) is 5.05. The molecule has 0 fully saturated rings. The summed E-state index contributed by atoms with van der Waals surface area (Å²) in [5.41, 5.74) is 6.97. The molecule has 2 aromatic heterocycles. The topological polar surface area (TPSA) is 13.1 Å². The van der Waals surface area contributed by atoms with Crippen LogP contribution >= 0.6 is 11.3 Å². The molecule has 0 aliphatic carbocycles. The van der Waals surface area contributed by atoms with Gasteiger partial charge >= 0.3 is 0 Å². The summed E-state index contributed by atoms with van der Waals surface area (Å²) in [4.78, 5) is 0. The van der Waals surface area contributed by atoms with Gasteiger partial charge in [0.2, 0.25) is 0 Å². The zero-order valence-electron chi connectivity index (χ0n) is 17.9. The predicted molar refractivity (Wildman–Crippen MR) is 141 cm³/mol. The van der Waals surface area contributed by atoms with Gasteiger partial charge in [-0.2, -0.15) is 0 Å². The zero-order valence-corrected chi connectivity index (χ0v) is 18.7. The lowest BCUT2D eigenvalue weighted by molar-refractivity contribution is 0.664. The zero-order chi connectivity index (χ0) is 21.8. The Hall–Kier alpha value is -3.88. The molecule has 0 unspecified atom stereocenters. The van der Waals surface area contributed by atoms with Gasteiger partial charge in [0.05, 0.1) is 0 Å². The van der Waals surface area contributed by atoms with E-state index in [0.29, 0.717) is 0 Å². The number of rotatable bonds is 3. The second kappa shape index (κ2) is 7.33. The third-order valence-electron chi connectivity index (χ3n) is 6.52. The van der Waals surface area contributed by atoms with Gasteiger partial charge < -0.3 is 4.42 Å². The van der Waals surface area contributed by atoms with E-state index in [9.17, 15) is 0 Å². The minimum absolute atomic E-state index is 0.842. The van der Waals surface area contributed by atoms with Crippen LogP contribution in [0.4, 0.5) is 0 Å². The number of para-hydroxylation sites is 2. The Morgan fingerprint density at radius 1 is 0.545 bits per heavy atom. The fourth-order valence-electron chi connectivity index (χ4n) is 4.93. The Morgan fingerprint density at radius 2 is 1.30 bits per heavy atom. The highest BCUT2D eigenvalue weighted by molar-refractivity contribution is 7.25. The molecule has 0 aliphatic heterocycles. The van der Waals surface area contributed by atoms with Crippen LogP contribution in [-0.2, 0) is 6.42 Å². The number of fused-ring (bicyclic) bond motifs is 6. The van der Waals surface area contributed by atoms with Crippen molar-refractivity contribution in [2.24, 2.45) is 0 Å². The molecule has 0 saturated heterocycles. The largest absolute Gasteiger partial charge is 0.456 e. The molecule has 7 rings (SSSR count). The van der Waals surface area contributed by atoms with E-state index in [1.54, 1.807) is 0 Å². The normalized spacial score (nSPS) is 11.8. The van der Waals surface area contributed by atoms with Gasteiger partial charge in [0.25, 0.3) is 0 Å². The van der Waals surface area contributed by atoms with Crippen molar-refractivity contribution in [2.75, 3.05) is 0 Å². The van der Waals surface area contributed by atoms with E-state index in [0.717, 1.165) is 17.6 Å². The fourth-order valence-corrected chi connectivity index (χ4v) is 6.02. The van der Waals surface area contributed by atoms with E-state index < -0.39 is 0 Å². The monoisotopic (exact) mass is 440 g/mol. The average Bonchev–Trinajstić information content (AvgIpc) is 3.43. The van der Waals surface area contributed by atoms with Crippen molar-refractivity contribution in [1.82, 2.24) is 0 Å². The van der Waals surface area contributed by atoms with Gasteiger partial charge in [-0.15, -0.1) is 11.3 Å². The molecule has 5 aromatic carbocycles. The van der Waals surface area contributed by atoms with Crippen molar-refractivity contribution < 1.29 is 4.42 Å². The summed E-state index contributed by atoms with van der Waals surface area (Å²) in [6, 6.07) is 39.2. The van der Waals surface area contributed by atoms with Crippen molar-refractivity contribution in [1.29, 1.82) is 0 Å². The Labute approximate surface area is 195 Å². The smallest absolute Gasteiger partial charge is 0.138 e. The van der Waals surface area contributed by atoms with Crippen molar-refractivity contribution in [2.45, 2.75) is 6.42 Å². The van der Waals surface area contributed by atoms with E-state index in [1.807, 2.05) is 23.5 Å². The second-order valence-corrected chi connectivity index (χ2v) is 9.66. The highest BCUT2D eigenvalue weighted by Crippen LogP contribution is 2.37. The Bertz CT molecular complexity index is 1800. The third-order valence-corrected chi connectivity index (χ3v) is 7.67. The van der Waals surface area contributed by atoms with Crippen LogP contribution in [0.5, 0.6) is 0 Å². The van der Waals surface area contributed by atoms with Crippen LogP contribution in [0.25, 0.3) is 53.2 Å². The molecule has 156 valence electrons. The first-order valence-corrected chi connectivity index (χ1v) is 12.0. The second-order valence-electron chi connectivity index (χ2n) is 8.58. The number of thiophene rings is 1. The molecule has 33 heavy (non-hydrogen) atoms. The average molecular weight is 441 g/mol. The summed E-state index contributed by atoms with van der Waals surface area (Å²) >= 11 is 1.86. The van der Waals surface area contributed by atoms with E-state index >= 15 is 0 Å². The minimum Gasteiger partial charge on any atom is -0.456 e. The molecule has 1 nitrogen and oxygen atoms in total. The van der Waals surface area contributed by atoms with Crippen LogP contribution in [0.3, 0.4) is 0 Å². The fraction of sp³-hybridized carbons (Fsp3) is 0.0323. The molecule has 0 atom stereocenters. The van der Waals surface area contributed by atoms with E-state index in [-0.39, 0.29) is 0 Å². The van der Waals surface area contributed by atoms with Crippen LogP contribution in [0.2, 0.25) is 0 Å². The quantitative estimate of drug-likeness (QED) is 0.267. The number of benzene rings is 5. The van der Waals surface area contributed by atoms with Gasteiger partial charge in [-0.3, -0.25) is 0 Å². The Balaban J connectivity index is 1.30. The van der Waals surface area contributed by atoms with Gasteiger partial charge in [-0.1, -0.05) is 84.9 Å². The minimum atomic E-state index is 0.842. The highest BCUT2D eigenvalue weighted by atomic mass is 32.1. The first-order valence-electron chi connectivity index (χ1n) is 11.2. The summed E-state index contributed by atoms with van der Waals surface area (Å²) in [7, 11) is 0. The van der Waals surface area contributed by atoms with Gasteiger partial charge in [-0.25, -0.2) is 0 Å². The van der Waals surface area contributed by atoms with Gasteiger partial charge in [0, 0.05) is 37.4 Å². The molecule has 2 heteroatoms. The van der Waals surface area contributed by atoms with Gasteiger partial charge in [0.15, 0.2) is 0 Å². The van der Waals surface area contributed by atoms with Crippen molar-refractivity contribution in [3.8, 4) is 11.1 Å². The van der Waals surface area contributed by atoms with E-state index in [4.69, 9.17) is 4.42 Å². The summed E-state index contributed by atoms with van der Waals surface area (Å²) < 4.78 is 8.94. The van der Waals surface area contributed by atoms with Crippen LogP contribution in [0.15, 0.2) is 114 Å². The Kier molecular flexibility index (Phi) is 4.15. The SMILES string of the molecule is c1cc(Cc2cccc3c2oc2ccccc23)cc(-c2ccc3sc4ccccc4c3c2)c1. The highest BCUT2D eigenvalue weighted by Gasteiger charge is 2.12. The predicted octanol–water partition coefficient (Wildman–Crippen LogP) is 9.21. The van der Waals surface area contributed by atoms with Crippen LogP contribution in [0.1, 0.15) is 11.1 Å². The molecule has 0 aliphatic rings. The van der Waals surface area contributed by atoms with E-state index in [2.05, 4.69) is 97.1 Å². The first-order chi connectivity index (χ1) is 16.3. The molecule has 0 N–H and O–H groups in total. The van der Waals surface area contributed by atoms with Crippen LogP contribution in [0, 0.1) is 0 Å². The lowest BCUT2D eigenvalue weighted by Gasteiger charge is -2.07. The summed E-state index contributed by atoms with van der Waals surface area (Å²) in [6.45, 7) is 0.